The van der Waals surface area contributed by atoms with Crippen LogP contribution in [0.3, 0.4) is 0 Å². The predicted molar refractivity (Wildman–Crippen MR) is 139 cm³/mol. The van der Waals surface area contributed by atoms with Gasteiger partial charge in [0.05, 0.1) is 10.7 Å². The highest BCUT2D eigenvalue weighted by Crippen LogP contribution is 2.44. The average molecular weight is 536 g/mol. The number of amides is 2. The minimum atomic E-state index is -1.20. The number of carbonyl (C=O) groups excluding carboxylic acids is 1. The summed E-state index contributed by atoms with van der Waals surface area (Å²) in [4.78, 5) is 40.1. The number of thioether (sulfide) groups is 1. The maximum atomic E-state index is 14.1. The molecule has 0 saturated carbocycles. The summed E-state index contributed by atoms with van der Waals surface area (Å²) in [7, 11) is 0. The monoisotopic (exact) mass is 535 g/mol. The normalized spacial score (nSPS) is 18.7. The summed E-state index contributed by atoms with van der Waals surface area (Å²) in [5.74, 6) is 0.894. The van der Waals surface area contributed by atoms with E-state index in [0.717, 1.165) is 22.8 Å². The van der Waals surface area contributed by atoms with Crippen molar-refractivity contribution in [3.63, 3.8) is 0 Å². The molecule has 1 aromatic heterocycles. The van der Waals surface area contributed by atoms with E-state index in [0.29, 0.717) is 37.0 Å². The standard InChI is InChI=1S/C25H31ClFN5O3S/c1-15-21-19(13-36-15)28-14-29-22(21)30-7-9-31(10-8-30)23(33)20(32(24(34)35)25(2,3)4)12-16-5-6-17(26)18(27)11-16/h5-6,11,14-15,20H,7-10,12-13H2,1-4H3,(H,34,35)/t15-,20+/m0/s1. The number of halogens is 2. The van der Waals surface area contributed by atoms with Gasteiger partial charge in [-0.2, -0.15) is 0 Å². The van der Waals surface area contributed by atoms with E-state index >= 15 is 0 Å². The van der Waals surface area contributed by atoms with Crippen LogP contribution in [0.2, 0.25) is 5.02 Å². The Morgan fingerprint density at radius 2 is 1.94 bits per heavy atom. The molecule has 0 bridgehead atoms. The van der Waals surface area contributed by atoms with Crippen molar-refractivity contribution in [2.24, 2.45) is 0 Å². The van der Waals surface area contributed by atoms with Gasteiger partial charge in [0, 0.05) is 54.7 Å². The van der Waals surface area contributed by atoms with Crippen LogP contribution in [0.5, 0.6) is 0 Å². The number of hydrogen-bond acceptors (Lipinski definition) is 6. The zero-order valence-electron chi connectivity index (χ0n) is 20.9. The van der Waals surface area contributed by atoms with Gasteiger partial charge in [-0.1, -0.05) is 17.7 Å². The van der Waals surface area contributed by atoms with E-state index in [9.17, 15) is 19.1 Å². The minimum absolute atomic E-state index is 0.0208. The smallest absolute Gasteiger partial charge is 0.408 e. The van der Waals surface area contributed by atoms with E-state index < -0.39 is 23.5 Å². The number of carbonyl (C=O) groups is 2. The van der Waals surface area contributed by atoms with Crippen LogP contribution >= 0.6 is 23.4 Å². The topological polar surface area (TPSA) is 89.9 Å². The largest absolute Gasteiger partial charge is 0.465 e. The number of fused-ring (bicyclic) bond motifs is 1. The van der Waals surface area contributed by atoms with Gasteiger partial charge in [-0.25, -0.2) is 19.2 Å². The molecule has 2 aliphatic rings. The van der Waals surface area contributed by atoms with Crippen LogP contribution in [0.4, 0.5) is 15.0 Å². The lowest BCUT2D eigenvalue weighted by molar-refractivity contribution is -0.138. The van der Waals surface area contributed by atoms with Gasteiger partial charge in [-0.15, -0.1) is 11.8 Å². The molecule has 0 spiro atoms. The van der Waals surface area contributed by atoms with Gasteiger partial charge in [-0.3, -0.25) is 9.69 Å². The van der Waals surface area contributed by atoms with E-state index in [2.05, 4.69) is 21.8 Å². The summed E-state index contributed by atoms with van der Waals surface area (Å²) in [6.07, 6.45) is 0.446. The second-order valence-corrected chi connectivity index (χ2v) is 11.9. The maximum absolute atomic E-state index is 14.1. The van der Waals surface area contributed by atoms with Crippen LogP contribution in [0, 0.1) is 5.82 Å². The Balaban J connectivity index is 1.55. The molecule has 194 valence electrons. The third kappa shape index (κ3) is 5.39. The molecule has 2 atom stereocenters. The maximum Gasteiger partial charge on any atom is 0.408 e. The average Bonchev–Trinajstić information content (AvgIpc) is 3.20. The fourth-order valence-electron chi connectivity index (χ4n) is 4.91. The summed E-state index contributed by atoms with van der Waals surface area (Å²) in [5, 5.41) is 10.3. The first-order chi connectivity index (χ1) is 17.0. The van der Waals surface area contributed by atoms with E-state index in [1.54, 1.807) is 38.1 Å². The first kappa shape index (κ1) is 26.5. The number of hydrogen-bond donors (Lipinski definition) is 1. The van der Waals surface area contributed by atoms with Crippen LogP contribution in [-0.2, 0) is 17.0 Å². The highest BCUT2D eigenvalue weighted by Gasteiger charge is 2.40. The Labute approximate surface area is 219 Å². The Bertz CT molecular complexity index is 1150. The number of rotatable bonds is 5. The van der Waals surface area contributed by atoms with Crippen molar-refractivity contribution in [3.05, 3.63) is 52.2 Å². The number of anilines is 1. The molecule has 0 unspecified atom stereocenters. The Morgan fingerprint density at radius 1 is 1.25 bits per heavy atom. The van der Waals surface area contributed by atoms with E-state index in [1.165, 1.54) is 17.0 Å². The number of nitrogens with zero attached hydrogens (tertiary/aromatic N) is 5. The van der Waals surface area contributed by atoms with Crippen LogP contribution in [0.1, 0.15) is 49.8 Å². The van der Waals surface area contributed by atoms with E-state index in [1.807, 2.05) is 11.8 Å². The second-order valence-electron chi connectivity index (χ2n) is 10.1. The van der Waals surface area contributed by atoms with Crippen LogP contribution in [-0.4, -0.2) is 74.6 Å². The molecule has 1 N–H and O–H groups in total. The molecule has 3 heterocycles. The Morgan fingerprint density at radius 3 is 2.56 bits per heavy atom. The molecule has 1 aromatic carbocycles. The van der Waals surface area contributed by atoms with Gasteiger partial charge in [0.25, 0.3) is 0 Å². The lowest BCUT2D eigenvalue weighted by Gasteiger charge is -2.43. The summed E-state index contributed by atoms with van der Waals surface area (Å²) in [5.41, 5.74) is 1.89. The van der Waals surface area contributed by atoms with Gasteiger partial charge in [0.2, 0.25) is 5.91 Å². The third-order valence-corrected chi connectivity index (χ3v) is 8.13. The van der Waals surface area contributed by atoms with Crippen molar-refractivity contribution < 1.29 is 19.1 Å². The summed E-state index contributed by atoms with van der Waals surface area (Å²) >= 11 is 7.66. The summed E-state index contributed by atoms with van der Waals surface area (Å²) < 4.78 is 14.1. The zero-order valence-corrected chi connectivity index (χ0v) is 22.4. The predicted octanol–water partition coefficient (Wildman–Crippen LogP) is 4.62. The molecule has 8 nitrogen and oxygen atoms in total. The number of carboxylic acid groups (broad SMARTS) is 1. The van der Waals surface area contributed by atoms with E-state index in [-0.39, 0.29) is 17.4 Å². The fourth-order valence-corrected chi connectivity index (χ4v) is 6.07. The fraction of sp³-hybridized carbons (Fsp3) is 0.520. The third-order valence-electron chi connectivity index (χ3n) is 6.65. The quantitative estimate of drug-likeness (QED) is 0.597. The minimum Gasteiger partial charge on any atom is -0.465 e. The van der Waals surface area contributed by atoms with Crippen molar-refractivity contribution in [1.29, 1.82) is 0 Å². The lowest BCUT2D eigenvalue weighted by atomic mass is 9.97. The van der Waals surface area contributed by atoms with Crippen LogP contribution in [0.15, 0.2) is 24.5 Å². The number of benzene rings is 1. The Kier molecular flexibility index (Phi) is 7.66. The molecule has 2 amide bonds. The van der Waals surface area contributed by atoms with Gasteiger partial charge < -0.3 is 14.9 Å². The number of piperazine rings is 1. The highest BCUT2D eigenvalue weighted by atomic mass is 35.5. The molecule has 0 aliphatic carbocycles. The number of aromatic nitrogens is 2. The molecular weight excluding hydrogens is 505 g/mol. The highest BCUT2D eigenvalue weighted by molar-refractivity contribution is 7.99. The Hall–Kier alpha value is -2.59. The second kappa shape index (κ2) is 10.4. The molecule has 1 fully saturated rings. The molecule has 1 saturated heterocycles. The first-order valence-corrected chi connectivity index (χ1v) is 13.4. The molecular formula is C25H31ClFN5O3S. The molecule has 11 heteroatoms. The van der Waals surface area contributed by atoms with Crippen molar-refractivity contribution in [2.75, 3.05) is 31.1 Å². The molecule has 4 rings (SSSR count). The first-order valence-electron chi connectivity index (χ1n) is 11.9. The summed E-state index contributed by atoms with van der Waals surface area (Å²) in [6.45, 7) is 9.42. The van der Waals surface area contributed by atoms with E-state index in [4.69, 9.17) is 11.6 Å². The molecule has 2 aromatic rings. The van der Waals surface area contributed by atoms with Crippen molar-refractivity contribution in [3.8, 4) is 0 Å². The van der Waals surface area contributed by atoms with Gasteiger partial charge >= 0.3 is 6.09 Å². The van der Waals surface area contributed by atoms with Gasteiger partial charge in [-0.05, 0) is 45.4 Å². The van der Waals surface area contributed by atoms with Crippen molar-refractivity contribution in [1.82, 2.24) is 19.8 Å². The van der Waals surface area contributed by atoms with Gasteiger partial charge in [0.1, 0.15) is 24.0 Å². The van der Waals surface area contributed by atoms with Crippen LogP contribution in [0.25, 0.3) is 0 Å². The summed E-state index contributed by atoms with van der Waals surface area (Å²) in [6, 6.07) is 3.31. The van der Waals surface area contributed by atoms with Crippen LogP contribution < -0.4 is 4.90 Å². The molecule has 36 heavy (non-hydrogen) atoms. The molecule has 2 aliphatic heterocycles. The zero-order chi connectivity index (χ0) is 26.2. The SMILES string of the molecule is C[C@@H]1SCc2ncnc(N3CCN(C(=O)[C@@H](Cc4ccc(Cl)c(F)c4)N(C(=O)O)C(C)(C)C)CC3)c21. The lowest BCUT2D eigenvalue weighted by Crippen LogP contribution is -2.60. The van der Waals surface area contributed by atoms with Crippen molar-refractivity contribution >= 4 is 41.2 Å². The van der Waals surface area contributed by atoms with Gasteiger partial charge in [0.15, 0.2) is 0 Å². The molecule has 0 radical (unpaired) electrons. The van der Waals surface area contributed by atoms with Crippen molar-refractivity contribution in [2.45, 2.75) is 56.7 Å².